The van der Waals surface area contributed by atoms with Gasteiger partial charge in [0.25, 0.3) is 0 Å². The lowest BCUT2D eigenvalue weighted by atomic mass is 9.98. The molecule has 4 heteroatoms. The van der Waals surface area contributed by atoms with Gasteiger partial charge < -0.3 is 5.32 Å². The molecule has 0 aliphatic carbocycles. The van der Waals surface area contributed by atoms with Gasteiger partial charge in [0.2, 0.25) is 5.91 Å². The SMILES string of the molecule is CCCCCCCC(=O)c1cc(C)c(NC(=O)CCl)c(C)c1. The summed E-state index contributed by atoms with van der Waals surface area (Å²) in [5.41, 5.74) is 3.28. The van der Waals surface area contributed by atoms with E-state index in [0.717, 1.165) is 35.2 Å². The van der Waals surface area contributed by atoms with Gasteiger partial charge in [-0.15, -0.1) is 11.6 Å². The summed E-state index contributed by atoms with van der Waals surface area (Å²) < 4.78 is 0. The quantitative estimate of drug-likeness (QED) is 0.394. The van der Waals surface area contributed by atoms with Crippen LogP contribution in [0.3, 0.4) is 0 Å². The van der Waals surface area contributed by atoms with Crippen molar-refractivity contribution in [3.8, 4) is 0 Å². The minimum Gasteiger partial charge on any atom is -0.325 e. The number of halogens is 1. The summed E-state index contributed by atoms with van der Waals surface area (Å²) >= 11 is 5.52. The van der Waals surface area contributed by atoms with E-state index >= 15 is 0 Å². The van der Waals surface area contributed by atoms with Crippen LogP contribution in [-0.2, 0) is 4.79 Å². The topological polar surface area (TPSA) is 46.2 Å². The average Bonchev–Trinajstić information content (AvgIpc) is 2.49. The third-order valence-corrected chi connectivity index (χ3v) is 3.99. The molecule has 0 saturated heterocycles. The molecule has 0 atom stereocenters. The van der Waals surface area contributed by atoms with Crippen molar-refractivity contribution in [2.45, 2.75) is 59.3 Å². The standard InChI is InChI=1S/C18H26ClNO2/c1-4-5-6-7-8-9-16(21)15-10-13(2)18(14(3)11-15)20-17(22)12-19/h10-11H,4-9,12H2,1-3H3,(H,20,22). The summed E-state index contributed by atoms with van der Waals surface area (Å²) in [6.45, 7) is 5.98. The molecule has 0 unspecified atom stereocenters. The van der Waals surface area contributed by atoms with E-state index in [2.05, 4.69) is 12.2 Å². The molecule has 1 rings (SSSR count). The second kappa shape index (κ2) is 9.62. The van der Waals surface area contributed by atoms with Crippen LogP contribution in [0.2, 0.25) is 0 Å². The Labute approximate surface area is 138 Å². The van der Waals surface area contributed by atoms with Crippen molar-refractivity contribution in [3.63, 3.8) is 0 Å². The van der Waals surface area contributed by atoms with Crippen LogP contribution in [0.5, 0.6) is 0 Å². The number of ketones is 1. The van der Waals surface area contributed by atoms with Crippen LogP contribution in [0.4, 0.5) is 5.69 Å². The van der Waals surface area contributed by atoms with Crippen LogP contribution in [0, 0.1) is 13.8 Å². The summed E-state index contributed by atoms with van der Waals surface area (Å²) in [7, 11) is 0. The highest BCUT2D eigenvalue weighted by Crippen LogP contribution is 2.23. The largest absolute Gasteiger partial charge is 0.325 e. The average molecular weight is 324 g/mol. The summed E-state index contributed by atoms with van der Waals surface area (Å²) in [6.07, 6.45) is 6.30. The smallest absolute Gasteiger partial charge is 0.239 e. The van der Waals surface area contributed by atoms with Gasteiger partial charge in [0.15, 0.2) is 5.78 Å². The van der Waals surface area contributed by atoms with Crippen LogP contribution < -0.4 is 5.32 Å². The van der Waals surface area contributed by atoms with Gasteiger partial charge in [-0.2, -0.15) is 0 Å². The van der Waals surface area contributed by atoms with Gasteiger partial charge in [0, 0.05) is 17.7 Å². The maximum atomic E-state index is 12.3. The molecule has 1 amide bonds. The highest BCUT2D eigenvalue weighted by molar-refractivity contribution is 6.29. The lowest BCUT2D eigenvalue weighted by molar-refractivity contribution is -0.113. The second-order valence-electron chi connectivity index (χ2n) is 5.75. The zero-order chi connectivity index (χ0) is 16.5. The maximum absolute atomic E-state index is 12.3. The number of unbranched alkanes of at least 4 members (excludes halogenated alkanes) is 4. The van der Waals surface area contributed by atoms with E-state index in [-0.39, 0.29) is 17.6 Å². The number of Topliss-reactive ketones (excluding diaryl/α,β-unsaturated/α-hetero) is 1. The highest BCUT2D eigenvalue weighted by Gasteiger charge is 2.12. The molecular weight excluding hydrogens is 298 g/mol. The molecule has 0 saturated carbocycles. The predicted molar refractivity (Wildman–Crippen MR) is 93.0 cm³/mol. The molecule has 22 heavy (non-hydrogen) atoms. The Bertz CT molecular complexity index is 503. The Kier molecular flexibility index (Phi) is 8.18. The van der Waals surface area contributed by atoms with Crippen molar-refractivity contribution in [3.05, 3.63) is 28.8 Å². The van der Waals surface area contributed by atoms with Crippen LogP contribution in [0.1, 0.15) is 66.9 Å². The number of amides is 1. The summed E-state index contributed by atoms with van der Waals surface area (Å²) in [4.78, 5) is 23.7. The van der Waals surface area contributed by atoms with E-state index in [9.17, 15) is 9.59 Å². The first-order valence-corrected chi connectivity index (χ1v) is 8.53. The number of carbonyl (C=O) groups excluding carboxylic acids is 2. The number of hydrogen-bond acceptors (Lipinski definition) is 2. The number of alkyl halides is 1. The zero-order valence-corrected chi connectivity index (χ0v) is 14.6. The minimum atomic E-state index is -0.233. The summed E-state index contributed by atoms with van der Waals surface area (Å²) in [5, 5.41) is 2.78. The van der Waals surface area contributed by atoms with Gasteiger partial charge in [-0.05, 0) is 43.5 Å². The lowest BCUT2D eigenvalue weighted by Crippen LogP contribution is -2.15. The third kappa shape index (κ3) is 5.80. The predicted octanol–water partition coefficient (Wildman–Crippen LogP) is 5.02. The van der Waals surface area contributed by atoms with Gasteiger partial charge in [-0.25, -0.2) is 0 Å². The van der Waals surface area contributed by atoms with Crippen molar-refractivity contribution in [1.29, 1.82) is 0 Å². The first-order valence-electron chi connectivity index (χ1n) is 7.99. The van der Waals surface area contributed by atoms with Crippen molar-refractivity contribution in [1.82, 2.24) is 0 Å². The first-order chi connectivity index (χ1) is 10.5. The molecule has 1 aromatic carbocycles. The fourth-order valence-corrected chi connectivity index (χ4v) is 2.59. The molecule has 0 aromatic heterocycles. The lowest BCUT2D eigenvalue weighted by Gasteiger charge is -2.13. The Balaban J connectivity index is 2.68. The number of benzene rings is 1. The molecule has 1 N–H and O–H groups in total. The Morgan fingerprint density at radius 3 is 2.18 bits per heavy atom. The Morgan fingerprint density at radius 1 is 1.05 bits per heavy atom. The maximum Gasteiger partial charge on any atom is 0.239 e. The third-order valence-electron chi connectivity index (χ3n) is 3.75. The number of aryl methyl sites for hydroxylation is 2. The Hall–Kier alpha value is -1.35. The van der Waals surface area contributed by atoms with Crippen LogP contribution >= 0.6 is 11.6 Å². The summed E-state index contributed by atoms with van der Waals surface area (Å²) in [5.74, 6) is -0.127. The van der Waals surface area contributed by atoms with E-state index in [4.69, 9.17) is 11.6 Å². The molecule has 3 nitrogen and oxygen atoms in total. The van der Waals surface area contributed by atoms with Crippen LogP contribution in [-0.4, -0.2) is 17.6 Å². The van der Waals surface area contributed by atoms with E-state index in [1.54, 1.807) is 0 Å². The van der Waals surface area contributed by atoms with E-state index < -0.39 is 0 Å². The molecule has 0 bridgehead atoms. The molecule has 1 aromatic rings. The molecule has 0 fully saturated rings. The fourth-order valence-electron chi connectivity index (χ4n) is 2.53. The van der Waals surface area contributed by atoms with E-state index in [0.29, 0.717) is 6.42 Å². The van der Waals surface area contributed by atoms with Gasteiger partial charge in [-0.3, -0.25) is 9.59 Å². The molecule has 122 valence electrons. The van der Waals surface area contributed by atoms with Gasteiger partial charge >= 0.3 is 0 Å². The van der Waals surface area contributed by atoms with Crippen LogP contribution in [0.15, 0.2) is 12.1 Å². The number of carbonyl (C=O) groups is 2. The monoisotopic (exact) mass is 323 g/mol. The number of anilines is 1. The fraction of sp³-hybridized carbons (Fsp3) is 0.556. The zero-order valence-electron chi connectivity index (χ0n) is 13.8. The van der Waals surface area contributed by atoms with E-state index in [1.807, 2.05) is 26.0 Å². The second-order valence-corrected chi connectivity index (χ2v) is 6.02. The molecule has 0 radical (unpaired) electrons. The molecule has 0 aliphatic rings. The number of hydrogen-bond donors (Lipinski definition) is 1. The van der Waals surface area contributed by atoms with Gasteiger partial charge in [0.05, 0.1) is 0 Å². The molecule has 0 heterocycles. The van der Waals surface area contributed by atoms with E-state index in [1.165, 1.54) is 19.3 Å². The molecule has 0 aliphatic heterocycles. The minimum absolute atomic E-state index is 0.0721. The van der Waals surface area contributed by atoms with Crippen molar-refractivity contribution in [2.24, 2.45) is 0 Å². The van der Waals surface area contributed by atoms with Crippen molar-refractivity contribution >= 4 is 29.0 Å². The highest BCUT2D eigenvalue weighted by atomic mass is 35.5. The van der Waals surface area contributed by atoms with Gasteiger partial charge in [0.1, 0.15) is 5.88 Å². The molecule has 0 spiro atoms. The molecular formula is C18H26ClNO2. The normalized spacial score (nSPS) is 10.5. The van der Waals surface area contributed by atoms with Gasteiger partial charge in [-0.1, -0.05) is 32.6 Å². The Morgan fingerprint density at radius 2 is 1.64 bits per heavy atom. The number of rotatable bonds is 9. The van der Waals surface area contributed by atoms with Crippen molar-refractivity contribution in [2.75, 3.05) is 11.2 Å². The summed E-state index contributed by atoms with van der Waals surface area (Å²) in [6, 6.07) is 3.70. The van der Waals surface area contributed by atoms with Crippen molar-refractivity contribution < 1.29 is 9.59 Å². The van der Waals surface area contributed by atoms with Crippen LogP contribution in [0.25, 0.3) is 0 Å². The number of nitrogens with one attached hydrogen (secondary N) is 1. The first kappa shape index (κ1) is 18.7.